The molecule has 2 nitrogen and oxygen atoms in total. The third-order valence-corrected chi connectivity index (χ3v) is 12.2. The van der Waals surface area contributed by atoms with Gasteiger partial charge < -0.3 is 0 Å². The van der Waals surface area contributed by atoms with Crippen LogP contribution >= 0.6 is 0 Å². The molecule has 2 aliphatic carbocycles. The van der Waals surface area contributed by atoms with Gasteiger partial charge in [-0.2, -0.15) is 0 Å². The van der Waals surface area contributed by atoms with Crippen molar-refractivity contribution in [3.8, 4) is 11.4 Å². The van der Waals surface area contributed by atoms with Crippen LogP contribution in [-0.4, -0.2) is 26.1 Å². The van der Waals surface area contributed by atoms with Gasteiger partial charge in [-0.25, -0.2) is 0 Å². The lowest BCUT2D eigenvalue weighted by Gasteiger charge is -2.34. The second kappa shape index (κ2) is 7.21. The number of hydrogen-bond donors (Lipinski definition) is 0. The fourth-order valence-electron chi connectivity index (χ4n) is 5.27. The topological polar surface area (TPSA) is 25.8 Å². The third-order valence-electron chi connectivity index (χ3n) is 6.92. The smallest absolute Gasteiger partial charge is 0.0889 e. The van der Waals surface area contributed by atoms with E-state index in [1.165, 1.54) is 61.0 Å². The molecule has 4 heteroatoms. The van der Waals surface area contributed by atoms with Crippen molar-refractivity contribution >= 4 is 16.1 Å². The summed E-state index contributed by atoms with van der Waals surface area (Å²) in [5.41, 5.74) is 9.31. The Morgan fingerprint density at radius 2 is 1.04 bits per heavy atom. The van der Waals surface area contributed by atoms with Crippen molar-refractivity contribution in [1.82, 2.24) is 9.97 Å². The molecular weight excluding hydrogens is 372 g/mol. The van der Waals surface area contributed by atoms with Crippen LogP contribution in [0, 0.1) is 0 Å². The highest BCUT2D eigenvalue weighted by molar-refractivity contribution is 6.77. The standard InChI is InChI=1S/C24H36N2Si2/c1-27(2,3)21-11-7-9-17-13-15-19(25-23(17)21)20-16-14-18-10-8-12-22(24(18)26-20)28(4,5)6/h13-16,21-22H,7-12H2,1-6H3/t21-,22-/m1/s1. The Kier molecular flexibility index (Phi) is 5.16. The summed E-state index contributed by atoms with van der Waals surface area (Å²) in [6.45, 7) is 15.0. The highest BCUT2D eigenvalue weighted by Crippen LogP contribution is 2.40. The number of fused-ring (bicyclic) bond motifs is 2. The fraction of sp³-hybridized carbons (Fsp3) is 0.583. The first-order chi connectivity index (χ1) is 13.1. The molecule has 0 fully saturated rings. The summed E-state index contributed by atoms with van der Waals surface area (Å²) < 4.78 is 0. The molecule has 2 aromatic heterocycles. The number of rotatable bonds is 3. The lowest BCUT2D eigenvalue weighted by Crippen LogP contribution is -2.34. The molecule has 0 aliphatic heterocycles. The van der Waals surface area contributed by atoms with Crippen LogP contribution in [-0.2, 0) is 12.8 Å². The SMILES string of the molecule is C[Si](C)(C)[C@@H]1CCCc2ccc(-c3ccc4c(n3)[C@H]([Si](C)(C)C)CCC4)nc21. The maximum Gasteiger partial charge on any atom is 0.0889 e. The maximum atomic E-state index is 5.25. The second-order valence-corrected chi connectivity index (χ2v) is 22.0. The zero-order valence-corrected chi connectivity index (χ0v) is 20.6. The van der Waals surface area contributed by atoms with E-state index in [0.29, 0.717) is 11.1 Å². The molecule has 0 amide bonds. The zero-order chi connectivity index (χ0) is 20.1. The fourth-order valence-corrected chi connectivity index (χ4v) is 9.55. The largest absolute Gasteiger partial charge is 0.251 e. The van der Waals surface area contributed by atoms with Gasteiger partial charge in [-0.05, 0) is 72.9 Å². The number of hydrogen-bond acceptors (Lipinski definition) is 2. The molecule has 2 heterocycles. The Balaban J connectivity index is 1.77. The quantitative estimate of drug-likeness (QED) is 0.526. The summed E-state index contributed by atoms with van der Waals surface area (Å²) in [5.74, 6) is 0. The molecule has 2 aromatic rings. The van der Waals surface area contributed by atoms with Gasteiger partial charge in [-0.15, -0.1) is 0 Å². The maximum absolute atomic E-state index is 5.25. The van der Waals surface area contributed by atoms with E-state index >= 15 is 0 Å². The molecule has 2 atom stereocenters. The molecule has 28 heavy (non-hydrogen) atoms. The molecule has 0 aromatic carbocycles. The van der Waals surface area contributed by atoms with E-state index in [9.17, 15) is 0 Å². The Labute approximate surface area is 173 Å². The summed E-state index contributed by atoms with van der Waals surface area (Å²) in [6.07, 6.45) is 7.65. The van der Waals surface area contributed by atoms with Crippen molar-refractivity contribution in [2.75, 3.05) is 0 Å². The van der Waals surface area contributed by atoms with Crippen LogP contribution in [0.3, 0.4) is 0 Å². The first-order valence-electron chi connectivity index (χ1n) is 11.1. The number of aryl methyl sites for hydroxylation is 2. The van der Waals surface area contributed by atoms with Crippen LogP contribution in [0.1, 0.15) is 59.3 Å². The molecule has 0 saturated heterocycles. The molecule has 0 N–H and O–H groups in total. The van der Waals surface area contributed by atoms with Crippen molar-refractivity contribution in [1.29, 1.82) is 0 Å². The molecule has 0 bridgehead atoms. The van der Waals surface area contributed by atoms with E-state index in [0.717, 1.165) is 11.4 Å². The highest BCUT2D eigenvalue weighted by Gasteiger charge is 2.35. The van der Waals surface area contributed by atoms with Crippen molar-refractivity contribution in [2.45, 2.75) is 88.9 Å². The van der Waals surface area contributed by atoms with Gasteiger partial charge >= 0.3 is 0 Å². The summed E-state index contributed by atoms with van der Waals surface area (Å²) in [7, 11) is -2.54. The monoisotopic (exact) mass is 408 g/mol. The predicted octanol–water partition coefficient (Wildman–Crippen LogP) is 6.74. The minimum Gasteiger partial charge on any atom is -0.251 e. The Morgan fingerprint density at radius 3 is 1.39 bits per heavy atom. The minimum atomic E-state index is -1.27. The van der Waals surface area contributed by atoms with E-state index in [4.69, 9.17) is 9.97 Å². The van der Waals surface area contributed by atoms with Gasteiger partial charge in [0.2, 0.25) is 0 Å². The van der Waals surface area contributed by atoms with Gasteiger partial charge in [-0.3, -0.25) is 9.97 Å². The third kappa shape index (κ3) is 3.78. The molecule has 4 rings (SSSR count). The summed E-state index contributed by atoms with van der Waals surface area (Å²) >= 11 is 0. The van der Waals surface area contributed by atoms with Gasteiger partial charge in [0.05, 0.1) is 27.5 Å². The Hall–Kier alpha value is -1.27. The zero-order valence-electron chi connectivity index (χ0n) is 18.6. The lowest BCUT2D eigenvalue weighted by atomic mass is 9.93. The number of pyridine rings is 2. The molecule has 0 spiro atoms. The van der Waals surface area contributed by atoms with E-state index in [-0.39, 0.29) is 0 Å². The summed E-state index contributed by atoms with van der Waals surface area (Å²) in [4.78, 5) is 10.5. The molecule has 150 valence electrons. The summed E-state index contributed by atoms with van der Waals surface area (Å²) in [6, 6.07) is 9.15. The van der Waals surface area contributed by atoms with E-state index in [2.05, 4.69) is 63.5 Å². The van der Waals surface area contributed by atoms with Crippen LogP contribution in [0.15, 0.2) is 24.3 Å². The van der Waals surface area contributed by atoms with Gasteiger partial charge in [-0.1, -0.05) is 51.4 Å². The van der Waals surface area contributed by atoms with Gasteiger partial charge in [0.25, 0.3) is 0 Å². The van der Waals surface area contributed by atoms with Crippen molar-refractivity contribution in [2.24, 2.45) is 0 Å². The summed E-state index contributed by atoms with van der Waals surface area (Å²) in [5, 5.41) is 0. The van der Waals surface area contributed by atoms with E-state index in [1.807, 2.05) is 0 Å². The predicted molar refractivity (Wildman–Crippen MR) is 126 cm³/mol. The normalized spacial score (nSPS) is 22.5. The first-order valence-corrected chi connectivity index (χ1v) is 18.3. The van der Waals surface area contributed by atoms with Crippen LogP contribution in [0.2, 0.25) is 39.3 Å². The van der Waals surface area contributed by atoms with E-state index < -0.39 is 16.1 Å². The number of nitrogens with zero attached hydrogens (tertiary/aromatic N) is 2. The first kappa shape index (κ1) is 20.0. The van der Waals surface area contributed by atoms with Gasteiger partial charge in [0.1, 0.15) is 0 Å². The number of aromatic nitrogens is 2. The molecule has 0 saturated carbocycles. The average Bonchev–Trinajstić information content (AvgIpc) is 2.64. The van der Waals surface area contributed by atoms with Crippen LogP contribution in [0.5, 0.6) is 0 Å². The Bertz CT molecular complexity index is 804. The molecule has 2 aliphatic rings. The van der Waals surface area contributed by atoms with E-state index in [1.54, 1.807) is 0 Å². The van der Waals surface area contributed by atoms with Gasteiger partial charge in [0, 0.05) is 11.4 Å². The molecular formula is C24H36N2Si2. The van der Waals surface area contributed by atoms with Gasteiger partial charge in [0.15, 0.2) is 0 Å². The lowest BCUT2D eigenvalue weighted by molar-refractivity contribution is 0.631. The Morgan fingerprint density at radius 1 is 0.643 bits per heavy atom. The van der Waals surface area contributed by atoms with Crippen molar-refractivity contribution in [3.05, 3.63) is 46.8 Å². The minimum absolute atomic E-state index is 0.684. The van der Waals surface area contributed by atoms with Crippen molar-refractivity contribution < 1.29 is 0 Å². The van der Waals surface area contributed by atoms with Crippen molar-refractivity contribution in [3.63, 3.8) is 0 Å². The highest BCUT2D eigenvalue weighted by atomic mass is 28.3. The molecule has 0 unspecified atom stereocenters. The van der Waals surface area contributed by atoms with Crippen LogP contribution in [0.4, 0.5) is 0 Å². The molecule has 0 radical (unpaired) electrons. The van der Waals surface area contributed by atoms with Crippen LogP contribution < -0.4 is 0 Å². The second-order valence-electron chi connectivity index (χ2n) is 11.1. The average molecular weight is 409 g/mol. The van der Waals surface area contributed by atoms with Crippen LogP contribution in [0.25, 0.3) is 11.4 Å².